The number of ketones is 1. The van der Waals surface area contributed by atoms with Gasteiger partial charge in [0.25, 0.3) is 0 Å². The van der Waals surface area contributed by atoms with Gasteiger partial charge in [0.2, 0.25) is 11.5 Å². The van der Waals surface area contributed by atoms with Gasteiger partial charge >= 0.3 is 12.3 Å². The van der Waals surface area contributed by atoms with Crippen LogP contribution in [-0.4, -0.2) is 61.1 Å². The Kier molecular flexibility index (Phi) is 7.54. The smallest absolute Gasteiger partial charge is 0.440 e. The first-order chi connectivity index (χ1) is 14.1. The number of aliphatic hydroxyl groups is 1. The van der Waals surface area contributed by atoms with Crippen LogP contribution in [0.2, 0.25) is 0 Å². The Balaban J connectivity index is 2.21. The Labute approximate surface area is 170 Å². The van der Waals surface area contributed by atoms with Gasteiger partial charge in [-0.25, -0.2) is 4.79 Å². The fraction of sp³-hybridized carbons (Fsp3) is 0.250. The third-order valence-corrected chi connectivity index (χ3v) is 3.76. The molecule has 160 valence electrons. The van der Waals surface area contributed by atoms with E-state index in [9.17, 15) is 22.8 Å². The number of benzene rings is 2. The summed E-state index contributed by atoms with van der Waals surface area (Å²) in [5.74, 6) is -0.869. The lowest BCUT2D eigenvalue weighted by Crippen LogP contribution is -2.32. The fourth-order valence-electron chi connectivity index (χ4n) is 2.25. The van der Waals surface area contributed by atoms with E-state index in [4.69, 9.17) is 9.84 Å². The van der Waals surface area contributed by atoms with Crippen LogP contribution in [0.5, 0.6) is 5.75 Å². The van der Waals surface area contributed by atoms with Gasteiger partial charge in [0.05, 0.1) is 6.61 Å². The Bertz CT molecular complexity index is 908. The van der Waals surface area contributed by atoms with E-state index in [1.165, 1.54) is 38.4 Å². The molecule has 10 heteroatoms. The minimum absolute atomic E-state index is 0.116. The standard InChI is InChI=1S/C20H19F3N2O5/c1-25(2)19(28)30-24-18(20(21,22)23)17(27)15-5-3-13(4-6-15)14-7-9-16(10-8-14)29-12-11-26/h3-10,26H,11-12H2,1-2H3/b24-18+. The molecular weight excluding hydrogens is 405 g/mol. The summed E-state index contributed by atoms with van der Waals surface area (Å²) in [4.78, 5) is 28.6. The fourth-order valence-corrected chi connectivity index (χ4v) is 2.25. The molecule has 0 fully saturated rings. The first kappa shape index (κ1) is 22.9. The number of carbonyl (C=O) groups is 2. The van der Waals surface area contributed by atoms with Crippen LogP contribution in [0.3, 0.4) is 0 Å². The summed E-state index contributed by atoms with van der Waals surface area (Å²) in [5.41, 5.74) is -0.700. The SMILES string of the molecule is CN(C)C(=O)O/N=C(\C(=O)c1ccc(-c2ccc(OCCO)cc2)cc1)C(F)(F)F. The molecule has 0 aliphatic rings. The van der Waals surface area contributed by atoms with Gasteiger partial charge in [-0.15, -0.1) is 0 Å². The number of rotatable bonds is 7. The maximum atomic E-state index is 13.2. The lowest BCUT2D eigenvalue weighted by atomic mass is 10.0. The number of hydrogen-bond acceptors (Lipinski definition) is 6. The van der Waals surface area contributed by atoms with Crippen molar-refractivity contribution in [2.75, 3.05) is 27.3 Å². The third-order valence-electron chi connectivity index (χ3n) is 3.76. The zero-order chi connectivity index (χ0) is 22.3. The van der Waals surface area contributed by atoms with Gasteiger partial charge in [-0.2, -0.15) is 13.2 Å². The van der Waals surface area contributed by atoms with Gasteiger partial charge in [0.1, 0.15) is 12.4 Å². The van der Waals surface area contributed by atoms with E-state index < -0.39 is 23.8 Å². The highest BCUT2D eigenvalue weighted by Crippen LogP contribution is 2.25. The maximum absolute atomic E-state index is 13.2. The number of ether oxygens (including phenoxy) is 1. The van der Waals surface area contributed by atoms with Crippen molar-refractivity contribution in [1.82, 2.24) is 4.90 Å². The highest BCUT2D eigenvalue weighted by Gasteiger charge is 2.42. The van der Waals surface area contributed by atoms with Crippen LogP contribution < -0.4 is 4.74 Å². The molecular formula is C20H19F3N2O5. The topological polar surface area (TPSA) is 88.4 Å². The molecule has 0 aromatic heterocycles. The molecule has 0 unspecified atom stereocenters. The van der Waals surface area contributed by atoms with E-state index in [-0.39, 0.29) is 18.8 Å². The van der Waals surface area contributed by atoms with Crippen LogP contribution >= 0.6 is 0 Å². The van der Waals surface area contributed by atoms with Crippen molar-refractivity contribution in [1.29, 1.82) is 0 Å². The average molecular weight is 424 g/mol. The molecule has 0 aliphatic carbocycles. The molecule has 7 nitrogen and oxygen atoms in total. The number of Topliss-reactive ketones (excluding diaryl/α,β-unsaturated/α-hetero) is 1. The number of aliphatic hydroxyl groups excluding tert-OH is 1. The van der Waals surface area contributed by atoms with Gasteiger partial charge in [-0.3, -0.25) is 9.63 Å². The largest absolute Gasteiger partial charge is 0.491 e. The molecule has 0 radical (unpaired) electrons. The summed E-state index contributed by atoms with van der Waals surface area (Å²) >= 11 is 0. The van der Waals surface area contributed by atoms with Crippen LogP contribution in [0, 0.1) is 0 Å². The quantitative estimate of drug-likeness (QED) is 0.318. The van der Waals surface area contributed by atoms with Gasteiger partial charge in [0, 0.05) is 19.7 Å². The van der Waals surface area contributed by atoms with Gasteiger partial charge in [0.15, 0.2) is 0 Å². The zero-order valence-corrected chi connectivity index (χ0v) is 16.1. The Morgan fingerprint density at radius 3 is 2.00 bits per heavy atom. The van der Waals surface area contributed by atoms with Crippen molar-refractivity contribution in [2.45, 2.75) is 6.18 Å². The molecule has 0 aliphatic heterocycles. The first-order valence-corrected chi connectivity index (χ1v) is 8.66. The number of nitrogens with zero attached hydrogens (tertiary/aromatic N) is 2. The molecule has 2 rings (SSSR count). The normalized spacial score (nSPS) is 11.7. The van der Waals surface area contributed by atoms with E-state index in [0.717, 1.165) is 10.5 Å². The predicted molar refractivity (Wildman–Crippen MR) is 102 cm³/mol. The zero-order valence-electron chi connectivity index (χ0n) is 16.1. The van der Waals surface area contributed by atoms with Gasteiger partial charge in [-0.05, 0) is 23.3 Å². The molecule has 1 amide bonds. The Morgan fingerprint density at radius 1 is 1.00 bits per heavy atom. The summed E-state index contributed by atoms with van der Waals surface area (Å²) in [6.07, 6.45) is -6.25. The molecule has 0 heterocycles. The van der Waals surface area contributed by atoms with Crippen LogP contribution in [0.15, 0.2) is 53.7 Å². The molecule has 0 bridgehead atoms. The summed E-state index contributed by atoms with van der Waals surface area (Å²) in [5, 5.41) is 11.5. The van der Waals surface area contributed by atoms with Gasteiger partial charge in [-0.1, -0.05) is 41.6 Å². The monoisotopic (exact) mass is 424 g/mol. The first-order valence-electron chi connectivity index (χ1n) is 8.66. The summed E-state index contributed by atoms with van der Waals surface area (Å²) in [7, 11) is 2.52. The van der Waals surface area contributed by atoms with Crippen LogP contribution in [0.4, 0.5) is 18.0 Å². The van der Waals surface area contributed by atoms with Crippen molar-refractivity contribution >= 4 is 17.6 Å². The minimum atomic E-state index is -5.10. The van der Waals surface area contributed by atoms with E-state index in [1.54, 1.807) is 24.3 Å². The van der Waals surface area contributed by atoms with E-state index in [1.807, 2.05) is 0 Å². The lowest BCUT2D eigenvalue weighted by Gasteiger charge is -2.11. The summed E-state index contributed by atoms with van der Waals surface area (Å²) in [6.45, 7) is 0.0396. The molecule has 30 heavy (non-hydrogen) atoms. The molecule has 0 saturated carbocycles. The molecule has 2 aromatic carbocycles. The van der Waals surface area contributed by atoms with E-state index in [2.05, 4.69) is 9.99 Å². The highest BCUT2D eigenvalue weighted by atomic mass is 19.4. The van der Waals surface area contributed by atoms with Crippen molar-refractivity contribution in [3.8, 4) is 16.9 Å². The second-order valence-electron chi connectivity index (χ2n) is 6.19. The van der Waals surface area contributed by atoms with Crippen molar-refractivity contribution in [2.24, 2.45) is 5.16 Å². The van der Waals surface area contributed by atoms with Gasteiger partial charge < -0.3 is 14.7 Å². The number of alkyl halides is 3. The van der Waals surface area contributed by atoms with Crippen LogP contribution in [0.25, 0.3) is 11.1 Å². The number of amides is 1. The second-order valence-corrected chi connectivity index (χ2v) is 6.19. The van der Waals surface area contributed by atoms with E-state index >= 15 is 0 Å². The van der Waals surface area contributed by atoms with Crippen molar-refractivity contribution in [3.05, 3.63) is 54.1 Å². The average Bonchev–Trinajstić information content (AvgIpc) is 2.71. The molecule has 1 N–H and O–H groups in total. The molecule has 2 aromatic rings. The molecule has 0 saturated heterocycles. The third kappa shape index (κ3) is 6.05. The Morgan fingerprint density at radius 2 is 1.53 bits per heavy atom. The van der Waals surface area contributed by atoms with Crippen LogP contribution in [0.1, 0.15) is 10.4 Å². The molecule has 0 atom stereocenters. The van der Waals surface area contributed by atoms with E-state index in [0.29, 0.717) is 11.3 Å². The van der Waals surface area contributed by atoms with Crippen molar-refractivity contribution in [3.63, 3.8) is 0 Å². The van der Waals surface area contributed by atoms with Crippen LogP contribution in [-0.2, 0) is 4.84 Å². The Hall–Kier alpha value is -3.40. The second kappa shape index (κ2) is 9.88. The summed E-state index contributed by atoms with van der Waals surface area (Å²) < 4.78 is 44.8. The maximum Gasteiger partial charge on any atom is 0.440 e. The number of hydrogen-bond donors (Lipinski definition) is 1. The number of halogens is 3. The van der Waals surface area contributed by atoms with Crippen molar-refractivity contribution < 1.29 is 37.4 Å². The summed E-state index contributed by atoms with van der Waals surface area (Å²) in [6, 6.07) is 12.2. The number of oxime groups is 1. The number of carbonyl (C=O) groups excluding carboxylic acids is 2. The minimum Gasteiger partial charge on any atom is -0.491 e. The lowest BCUT2D eigenvalue weighted by molar-refractivity contribution is -0.0605. The predicted octanol–water partition coefficient (Wildman–Crippen LogP) is 3.52. The molecule has 0 spiro atoms. The highest BCUT2D eigenvalue weighted by molar-refractivity contribution is 6.47.